The van der Waals surface area contributed by atoms with Gasteiger partial charge in [0.1, 0.15) is 16.5 Å². The zero-order valence-corrected chi connectivity index (χ0v) is 17.2. The van der Waals surface area contributed by atoms with Crippen LogP contribution in [0.4, 0.5) is 15.0 Å². The smallest absolute Gasteiger partial charge is 0.317 e. The fraction of sp³-hybridized carbons (Fsp3) is 0.368. The van der Waals surface area contributed by atoms with Crippen LogP contribution in [0.2, 0.25) is 0 Å². The van der Waals surface area contributed by atoms with Gasteiger partial charge >= 0.3 is 6.03 Å². The molecule has 29 heavy (non-hydrogen) atoms. The maximum absolute atomic E-state index is 13.9. The van der Waals surface area contributed by atoms with Crippen LogP contribution in [0.25, 0.3) is 0 Å². The van der Waals surface area contributed by atoms with Crippen molar-refractivity contribution in [3.8, 4) is 0 Å². The predicted molar refractivity (Wildman–Crippen MR) is 108 cm³/mol. The molecular weight excluding hydrogens is 397 g/mol. The number of anilines is 1. The Morgan fingerprint density at radius 3 is 2.41 bits per heavy atom. The molecule has 1 aliphatic heterocycles. The highest BCUT2D eigenvalue weighted by Gasteiger charge is 2.31. The van der Waals surface area contributed by atoms with Gasteiger partial charge < -0.3 is 15.1 Å². The molecule has 0 spiro atoms. The Hall–Kier alpha value is -2.72. The molecule has 1 N–H and O–H groups in total. The highest BCUT2D eigenvalue weighted by molar-refractivity contribution is 7.89. The van der Waals surface area contributed by atoms with Crippen molar-refractivity contribution in [2.45, 2.75) is 11.4 Å². The van der Waals surface area contributed by atoms with E-state index in [9.17, 15) is 17.6 Å². The third-order valence-electron chi connectivity index (χ3n) is 4.69. The van der Waals surface area contributed by atoms with Crippen LogP contribution in [0, 0.1) is 5.82 Å². The van der Waals surface area contributed by atoms with Gasteiger partial charge in [0.2, 0.25) is 10.0 Å². The number of hydrogen-bond acceptors (Lipinski definition) is 5. The molecule has 10 heteroatoms. The molecule has 1 fully saturated rings. The standard InChI is InChI=1S/C19H24FN5O3S/c1-23(2)18-8-7-15(13-21-18)14-22-19(26)24-9-11-25(12-10-24)29(27,28)17-6-4-3-5-16(17)20/h3-8,13H,9-12,14H2,1-2H3,(H,22,26). The van der Waals surface area contributed by atoms with E-state index < -0.39 is 15.8 Å². The fourth-order valence-corrected chi connectivity index (χ4v) is 4.49. The SMILES string of the molecule is CN(C)c1ccc(CNC(=O)N2CCN(S(=O)(=O)c3ccccc3F)CC2)cn1. The highest BCUT2D eigenvalue weighted by Crippen LogP contribution is 2.20. The summed E-state index contributed by atoms with van der Waals surface area (Å²) in [5.74, 6) is 0.0498. The number of nitrogens with one attached hydrogen (secondary N) is 1. The van der Waals surface area contributed by atoms with E-state index in [1.807, 2.05) is 31.1 Å². The van der Waals surface area contributed by atoms with Crippen LogP contribution in [-0.2, 0) is 16.6 Å². The highest BCUT2D eigenvalue weighted by atomic mass is 32.2. The van der Waals surface area contributed by atoms with Crippen molar-refractivity contribution in [3.63, 3.8) is 0 Å². The second-order valence-electron chi connectivity index (χ2n) is 6.90. The van der Waals surface area contributed by atoms with E-state index >= 15 is 0 Å². The predicted octanol–water partition coefficient (Wildman–Crippen LogP) is 1.50. The summed E-state index contributed by atoms with van der Waals surface area (Å²) in [4.78, 5) is 19.8. The molecule has 0 aliphatic carbocycles. The van der Waals surface area contributed by atoms with Gasteiger partial charge in [-0.25, -0.2) is 22.6 Å². The molecule has 156 valence electrons. The van der Waals surface area contributed by atoms with Gasteiger partial charge in [0.05, 0.1) is 0 Å². The molecule has 2 heterocycles. The third kappa shape index (κ3) is 4.83. The first-order valence-corrected chi connectivity index (χ1v) is 10.6. The molecule has 0 atom stereocenters. The molecule has 1 aromatic carbocycles. The average molecular weight is 421 g/mol. The van der Waals surface area contributed by atoms with Crippen LogP contribution in [0.3, 0.4) is 0 Å². The van der Waals surface area contributed by atoms with E-state index in [0.717, 1.165) is 17.4 Å². The summed E-state index contributed by atoms with van der Waals surface area (Å²) in [6, 6.07) is 8.79. The minimum Gasteiger partial charge on any atom is -0.363 e. The summed E-state index contributed by atoms with van der Waals surface area (Å²) in [5, 5.41) is 2.82. The van der Waals surface area contributed by atoms with Crippen molar-refractivity contribution >= 4 is 21.9 Å². The van der Waals surface area contributed by atoms with Crippen LogP contribution in [-0.4, -0.2) is 68.9 Å². The molecule has 1 saturated heterocycles. The molecule has 0 radical (unpaired) electrons. The first-order valence-electron chi connectivity index (χ1n) is 9.19. The Labute approximate surface area is 170 Å². The normalized spacial score (nSPS) is 15.2. The first-order chi connectivity index (χ1) is 13.8. The van der Waals surface area contributed by atoms with E-state index in [0.29, 0.717) is 6.54 Å². The fourth-order valence-electron chi connectivity index (χ4n) is 3.00. The lowest BCUT2D eigenvalue weighted by molar-refractivity contribution is 0.172. The number of hydrogen-bond donors (Lipinski definition) is 1. The summed E-state index contributed by atoms with van der Waals surface area (Å²) in [7, 11) is -0.123. The molecular formula is C19H24FN5O3S. The van der Waals surface area contributed by atoms with Crippen molar-refractivity contribution in [2.24, 2.45) is 0 Å². The van der Waals surface area contributed by atoms with Crippen LogP contribution in [0.15, 0.2) is 47.5 Å². The zero-order chi connectivity index (χ0) is 21.0. The summed E-state index contributed by atoms with van der Waals surface area (Å²) < 4.78 is 40.3. The molecule has 0 saturated carbocycles. The number of piperazine rings is 1. The van der Waals surface area contributed by atoms with Crippen molar-refractivity contribution in [2.75, 3.05) is 45.2 Å². The zero-order valence-electron chi connectivity index (χ0n) is 16.4. The molecule has 0 unspecified atom stereocenters. The summed E-state index contributed by atoms with van der Waals surface area (Å²) >= 11 is 0. The quantitative estimate of drug-likeness (QED) is 0.791. The number of sulfonamides is 1. The molecule has 2 aromatic rings. The van der Waals surface area contributed by atoms with Gasteiger partial charge in [-0.2, -0.15) is 4.31 Å². The van der Waals surface area contributed by atoms with Crippen molar-refractivity contribution in [1.29, 1.82) is 0 Å². The molecule has 1 aliphatic rings. The number of carbonyl (C=O) groups excluding carboxylic acids is 1. The lowest BCUT2D eigenvalue weighted by Gasteiger charge is -2.34. The van der Waals surface area contributed by atoms with Crippen molar-refractivity contribution in [1.82, 2.24) is 19.5 Å². The van der Waals surface area contributed by atoms with Crippen LogP contribution >= 0.6 is 0 Å². The maximum atomic E-state index is 13.9. The van der Waals surface area contributed by atoms with Gasteiger partial charge in [-0.1, -0.05) is 18.2 Å². The number of nitrogens with zero attached hydrogens (tertiary/aromatic N) is 4. The lowest BCUT2D eigenvalue weighted by atomic mass is 10.3. The second-order valence-corrected chi connectivity index (χ2v) is 8.81. The summed E-state index contributed by atoms with van der Waals surface area (Å²) in [6.45, 7) is 1.02. The monoisotopic (exact) mass is 421 g/mol. The summed E-state index contributed by atoms with van der Waals surface area (Å²) in [6.07, 6.45) is 1.70. The molecule has 3 rings (SSSR count). The van der Waals surface area contributed by atoms with Crippen LogP contribution < -0.4 is 10.2 Å². The first kappa shape index (κ1) is 21.0. The Kier molecular flexibility index (Phi) is 6.33. The number of urea groups is 1. The minimum absolute atomic E-state index is 0.114. The minimum atomic E-state index is -3.92. The molecule has 2 amide bonds. The number of rotatable bonds is 5. The lowest BCUT2D eigenvalue weighted by Crippen LogP contribution is -2.53. The maximum Gasteiger partial charge on any atom is 0.317 e. The number of amides is 2. The van der Waals surface area contributed by atoms with E-state index in [2.05, 4.69) is 10.3 Å². The van der Waals surface area contributed by atoms with Crippen LogP contribution in [0.5, 0.6) is 0 Å². The number of carbonyl (C=O) groups is 1. The Morgan fingerprint density at radius 1 is 1.14 bits per heavy atom. The molecule has 1 aromatic heterocycles. The Balaban J connectivity index is 1.53. The molecule has 0 bridgehead atoms. The van der Waals surface area contributed by atoms with Gasteiger partial charge in [0.25, 0.3) is 0 Å². The van der Waals surface area contributed by atoms with Gasteiger partial charge in [0, 0.05) is 53.0 Å². The van der Waals surface area contributed by atoms with E-state index in [1.54, 1.807) is 11.1 Å². The van der Waals surface area contributed by atoms with E-state index in [-0.39, 0.29) is 37.1 Å². The third-order valence-corrected chi connectivity index (χ3v) is 6.62. The van der Waals surface area contributed by atoms with Gasteiger partial charge in [0.15, 0.2) is 0 Å². The van der Waals surface area contributed by atoms with Gasteiger partial charge in [-0.05, 0) is 23.8 Å². The Bertz CT molecular complexity index is 958. The summed E-state index contributed by atoms with van der Waals surface area (Å²) in [5.41, 5.74) is 0.865. The van der Waals surface area contributed by atoms with Crippen molar-refractivity contribution < 1.29 is 17.6 Å². The molecule has 8 nitrogen and oxygen atoms in total. The topological polar surface area (TPSA) is 85.9 Å². The number of pyridine rings is 1. The van der Waals surface area contributed by atoms with Crippen molar-refractivity contribution in [3.05, 3.63) is 54.0 Å². The number of aromatic nitrogens is 1. The second kappa shape index (κ2) is 8.75. The van der Waals surface area contributed by atoms with Crippen LogP contribution in [0.1, 0.15) is 5.56 Å². The number of benzene rings is 1. The van der Waals surface area contributed by atoms with E-state index in [4.69, 9.17) is 0 Å². The van der Waals surface area contributed by atoms with E-state index in [1.165, 1.54) is 22.5 Å². The number of halogens is 1. The largest absolute Gasteiger partial charge is 0.363 e. The van der Waals surface area contributed by atoms with Gasteiger partial charge in [-0.15, -0.1) is 0 Å². The Morgan fingerprint density at radius 2 is 1.83 bits per heavy atom. The average Bonchev–Trinajstić information content (AvgIpc) is 2.72. The van der Waals surface area contributed by atoms with Gasteiger partial charge in [-0.3, -0.25) is 0 Å².